The molecule has 1 aliphatic carbocycles. The molecule has 1 aliphatic rings. The van der Waals surface area contributed by atoms with E-state index in [0.29, 0.717) is 17.3 Å². The second-order valence-corrected chi connectivity index (χ2v) is 6.15. The number of carbonyl (C=O) groups is 1. The number of amides is 1. The molecule has 0 aromatic carbocycles. The molecule has 2 atom stereocenters. The van der Waals surface area contributed by atoms with E-state index in [1.807, 2.05) is 13.8 Å². The van der Waals surface area contributed by atoms with E-state index in [4.69, 9.17) is 18.0 Å². The number of carbonyl (C=O) groups excluding carboxylic acids is 1. The number of thiocarbonyl (C=S) groups is 1. The van der Waals surface area contributed by atoms with Gasteiger partial charge in [0, 0.05) is 6.04 Å². The molecule has 1 saturated carbocycles. The standard InChI is InChI=1S/C14H26N2OS/c1-4-14(3,12(15)18)13(17)16-10(2)11-8-6-5-7-9-11/h10-11H,4-9H2,1-3H3,(H2,15,18)(H,16,17). The molecular weight excluding hydrogens is 244 g/mol. The van der Waals surface area contributed by atoms with Gasteiger partial charge in [0.2, 0.25) is 5.91 Å². The van der Waals surface area contributed by atoms with Gasteiger partial charge in [0.15, 0.2) is 0 Å². The third kappa shape index (κ3) is 3.44. The van der Waals surface area contributed by atoms with E-state index in [0.717, 1.165) is 0 Å². The summed E-state index contributed by atoms with van der Waals surface area (Å²) in [6.07, 6.45) is 6.98. The zero-order valence-electron chi connectivity index (χ0n) is 11.8. The fourth-order valence-corrected chi connectivity index (χ4v) is 2.80. The van der Waals surface area contributed by atoms with Gasteiger partial charge in [0.1, 0.15) is 0 Å². The van der Waals surface area contributed by atoms with E-state index in [-0.39, 0.29) is 11.9 Å². The number of nitrogens with one attached hydrogen (secondary N) is 1. The van der Waals surface area contributed by atoms with Crippen molar-refractivity contribution in [3.05, 3.63) is 0 Å². The van der Waals surface area contributed by atoms with Crippen LogP contribution in [0.1, 0.15) is 59.3 Å². The van der Waals surface area contributed by atoms with Gasteiger partial charge < -0.3 is 11.1 Å². The fraction of sp³-hybridized carbons (Fsp3) is 0.857. The molecule has 2 unspecified atom stereocenters. The van der Waals surface area contributed by atoms with Crippen molar-refractivity contribution in [1.29, 1.82) is 0 Å². The van der Waals surface area contributed by atoms with Crippen LogP contribution >= 0.6 is 12.2 Å². The van der Waals surface area contributed by atoms with Crippen molar-refractivity contribution in [2.45, 2.75) is 65.3 Å². The summed E-state index contributed by atoms with van der Waals surface area (Å²) < 4.78 is 0. The molecule has 1 amide bonds. The maximum atomic E-state index is 12.3. The molecule has 0 aromatic heterocycles. The van der Waals surface area contributed by atoms with E-state index in [9.17, 15) is 4.79 Å². The molecule has 0 bridgehead atoms. The van der Waals surface area contributed by atoms with Crippen LogP contribution in [0.2, 0.25) is 0 Å². The van der Waals surface area contributed by atoms with Crippen molar-refractivity contribution in [2.75, 3.05) is 0 Å². The minimum absolute atomic E-state index is 0.0180. The van der Waals surface area contributed by atoms with Crippen LogP contribution in [0, 0.1) is 11.3 Å². The summed E-state index contributed by atoms with van der Waals surface area (Å²) in [5, 5.41) is 3.12. The molecule has 0 heterocycles. The van der Waals surface area contributed by atoms with Gasteiger partial charge in [-0.1, -0.05) is 38.4 Å². The highest BCUT2D eigenvalue weighted by atomic mass is 32.1. The minimum Gasteiger partial charge on any atom is -0.392 e. The van der Waals surface area contributed by atoms with Crippen molar-refractivity contribution < 1.29 is 4.79 Å². The van der Waals surface area contributed by atoms with Gasteiger partial charge in [-0.2, -0.15) is 0 Å². The van der Waals surface area contributed by atoms with Crippen molar-refractivity contribution >= 4 is 23.1 Å². The number of hydrogen-bond acceptors (Lipinski definition) is 2. The molecule has 1 fully saturated rings. The average Bonchev–Trinajstić information content (AvgIpc) is 2.38. The lowest BCUT2D eigenvalue weighted by Crippen LogP contribution is -2.50. The highest BCUT2D eigenvalue weighted by Crippen LogP contribution is 2.28. The molecular formula is C14H26N2OS. The predicted molar refractivity (Wildman–Crippen MR) is 79.4 cm³/mol. The van der Waals surface area contributed by atoms with Crippen LogP contribution in [0.4, 0.5) is 0 Å². The van der Waals surface area contributed by atoms with Crippen LogP contribution in [0.25, 0.3) is 0 Å². The highest BCUT2D eigenvalue weighted by Gasteiger charge is 2.36. The third-order valence-electron chi connectivity index (χ3n) is 4.47. The van der Waals surface area contributed by atoms with Gasteiger partial charge in [-0.25, -0.2) is 0 Å². The Kier molecular flexibility index (Phi) is 5.57. The van der Waals surface area contributed by atoms with E-state index < -0.39 is 5.41 Å². The first kappa shape index (κ1) is 15.4. The van der Waals surface area contributed by atoms with Crippen LogP contribution in [0.15, 0.2) is 0 Å². The maximum Gasteiger partial charge on any atom is 0.232 e. The van der Waals surface area contributed by atoms with Gasteiger partial charge >= 0.3 is 0 Å². The molecule has 104 valence electrons. The summed E-state index contributed by atoms with van der Waals surface area (Å²) in [5.74, 6) is 0.589. The Balaban J connectivity index is 2.60. The first-order valence-electron chi connectivity index (χ1n) is 7.02. The van der Waals surface area contributed by atoms with Gasteiger partial charge in [-0.05, 0) is 39.0 Å². The SMILES string of the molecule is CCC(C)(C(=O)NC(C)C1CCCCC1)C(N)=S. The lowest BCUT2D eigenvalue weighted by atomic mass is 9.82. The van der Waals surface area contributed by atoms with Crippen molar-refractivity contribution in [3.63, 3.8) is 0 Å². The largest absolute Gasteiger partial charge is 0.392 e. The van der Waals surface area contributed by atoms with Crippen molar-refractivity contribution in [3.8, 4) is 0 Å². The molecule has 0 aromatic rings. The Labute approximate surface area is 116 Å². The van der Waals surface area contributed by atoms with E-state index in [2.05, 4.69) is 12.2 Å². The topological polar surface area (TPSA) is 55.1 Å². The van der Waals surface area contributed by atoms with Gasteiger partial charge in [0.25, 0.3) is 0 Å². The van der Waals surface area contributed by atoms with Gasteiger partial charge in [-0.3, -0.25) is 4.79 Å². The number of hydrogen-bond donors (Lipinski definition) is 2. The Hall–Kier alpha value is -0.640. The van der Waals surface area contributed by atoms with Crippen molar-refractivity contribution in [1.82, 2.24) is 5.32 Å². The summed E-state index contributed by atoms with van der Waals surface area (Å²) in [7, 11) is 0. The van der Waals surface area contributed by atoms with Crippen LogP contribution in [0.5, 0.6) is 0 Å². The second-order valence-electron chi connectivity index (χ2n) is 5.71. The summed E-state index contributed by atoms with van der Waals surface area (Å²) in [5.41, 5.74) is 5.00. The molecule has 3 N–H and O–H groups in total. The van der Waals surface area contributed by atoms with Gasteiger partial charge in [0.05, 0.1) is 10.4 Å². The zero-order valence-corrected chi connectivity index (χ0v) is 12.6. The fourth-order valence-electron chi connectivity index (χ4n) is 2.56. The first-order valence-corrected chi connectivity index (χ1v) is 7.43. The molecule has 18 heavy (non-hydrogen) atoms. The second kappa shape index (κ2) is 6.50. The third-order valence-corrected chi connectivity index (χ3v) is 4.92. The van der Waals surface area contributed by atoms with Crippen molar-refractivity contribution in [2.24, 2.45) is 17.1 Å². The van der Waals surface area contributed by atoms with Gasteiger partial charge in [-0.15, -0.1) is 0 Å². The van der Waals surface area contributed by atoms with E-state index in [1.165, 1.54) is 32.1 Å². The Morgan fingerprint density at radius 3 is 2.44 bits per heavy atom. The lowest BCUT2D eigenvalue weighted by Gasteiger charge is -2.32. The first-order chi connectivity index (χ1) is 8.41. The molecule has 0 spiro atoms. The summed E-state index contributed by atoms with van der Waals surface area (Å²) in [4.78, 5) is 12.6. The summed E-state index contributed by atoms with van der Waals surface area (Å²) in [6.45, 7) is 5.88. The Morgan fingerprint density at radius 1 is 1.44 bits per heavy atom. The highest BCUT2D eigenvalue weighted by molar-refractivity contribution is 7.80. The monoisotopic (exact) mass is 270 g/mol. The molecule has 0 saturated heterocycles. The van der Waals surface area contributed by atoms with Crippen LogP contribution < -0.4 is 11.1 Å². The predicted octanol–water partition coefficient (Wildman–Crippen LogP) is 2.77. The zero-order chi connectivity index (χ0) is 13.8. The lowest BCUT2D eigenvalue weighted by molar-refractivity contribution is -0.128. The van der Waals surface area contributed by atoms with E-state index >= 15 is 0 Å². The normalized spacial score (nSPS) is 21.9. The summed E-state index contributed by atoms with van der Waals surface area (Å²) in [6, 6.07) is 0.220. The maximum absolute atomic E-state index is 12.3. The smallest absolute Gasteiger partial charge is 0.232 e. The summed E-state index contributed by atoms with van der Waals surface area (Å²) >= 11 is 5.03. The minimum atomic E-state index is -0.710. The molecule has 0 radical (unpaired) electrons. The average molecular weight is 270 g/mol. The van der Waals surface area contributed by atoms with Crippen LogP contribution in [-0.2, 0) is 4.79 Å². The molecule has 3 nitrogen and oxygen atoms in total. The number of nitrogens with two attached hydrogens (primary N) is 1. The molecule has 1 rings (SSSR count). The van der Waals surface area contributed by atoms with Crippen LogP contribution in [0.3, 0.4) is 0 Å². The number of rotatable bonds is 5. The molecule has 0 aliphatic heterocycles. The quantitative estimate of drug-likeness (QED) is 0.755. The van der Waals surface area contributed by atoms with E-state index in [1.54, 1.807) is 0 Å². The Bertz CT molecular complexity index is 313. The Morgan fingerprint density at radius 2 is 2.00 bits per heavy atom. The molecule has 4 heteroatoms. The van der Waals surface area contributed by atoms with Crippen LogP contribution in [-0.4, -0.2) is 16.9 Å².